The van der Waals surface area contributed by atoms with Crippen molar-refractivity contribution in [2.75, 3.05) is 6.61 Å². The number of aliphatic hydroxyl groups excluding tert-OH is 2. The summed E-state index contributed by atoms with van der Waals surface area (Å²) in [5.74, 6) is -0.598. The lowest BCUT2D eigenvalue weighted by Gasteiger charge is -2.24. The van der Waals surface area contributed by atoms with Crippen LogP contribution in [0.15, 0.2) is 72.9 Å². The minimum atomic E-state index is -0.804. The van der Waals surface area contributed by atoms with Gasteiger partial charge in [-0.25, -0.2) is 0 Å². The molecule has 0 bridgehead atoms. The van der Waals surface area contributed by atoms with Gasteiger partial charge in [0.1, 0.15) is 6.10 Å². The number of amides is 1. The van der Waals surface area contributed by atoms with Gasteiger partial charge in [-0.1, -0.05) is 190 Å². The fourth-order valence-electron chi connectivity index (χ4n) is 6.54. The number of unbranched alkanes of at least 4 members (excludes halogenated alkanes) is 16. The van der Waals surface area contributed by atoms with E-state index in [1.165, 1.54) is 64.2 Å². The smallest absolute Gasteiger partial charge is 0.306 e. The molecule has 0 aromatic rings. The van der Waals surface area contributed by atoms with Crippen LogP contribution in [0.25, 0.3) is 0 Å². The van der Waals surface area contributed by atoms with Crippen molar-refractivity contribution >= 4 is 11.9 Å². The highest BCUT2D eigenvalue weighted by Gasteiger charge is 2.24. The van der Waals surface area contributed by atoms with E-state index in [9.17, 15) is 19.8 Å². The van der Waals surface area contributed by atoms with Crippen LogP contribution in [0.4, 0.5) is 0 Å². The van der Waals surface area contributed by atoms with Crippen LogP contribution in [0.1, 0.15) is 207 Å². The zero-order valence-corrected chi connectivity index (χ0v) is 36.5. The standard InChI is InChI=1S/C50H87NO5/c1-4-7-10-13-16-19-21-23-24-25-27-29-31-34-37-40-43-50(55)56-46(41-38-35-32-18-15-12-9-6-3)44-49(54)51-47(45-52)48(53)42-39-36-33-30-28-26-22-20-17-14-11-8-5-2/h7,10,12,15-16,19,23-24,27,29,34,37,46-48,52-53H,4-6,8-9,11,13-14,17-18,20-22,25-26,28,30-33,35-36,38-45H2,1-3H3,(H,51,54)/b10-7+,15-12-,19-16+,24-23+,29-27+,37-34+. The Hall–Kier alpha value is -2.70. The first-order valence-electron chi connectivity index (χ1n) is 23.2. The quantitative estimate of drug-likeness (QED) is 0.0327. The molecule has 0 heterocycles. The monoisotopic (exact) mass is 782 g/mol. The first kappa shape index (κ1) is 53.3. The van der Waals surface area contributed by atoms with Gasteiger partial charge < -0.3 is 20.3 Å². The number of nitrogens with one attached hydrogen (secondary N) is 1. The number of esters is 1. The Morgan fingerprint density at radius 2 is 1.00 bits per heavy atom. The van der Waals surface area contributed by atoms with E-state index in [2.05, 4.69) is 92.9 Å². The van der Waals surface area contributed by atoms with Gasteiger partial charge in [-0.05, 0) is 77.0 Å². The number of carbonyl (C=O) groups is 2. The Kier molecular flexibility index (Phi) is 41.3. The fraction of sp³-hybridized carbons (Fsp3) is 0.720. The average molecular weight is 782 g/mol. The third kappa shape index (κ3) is 38.2. The molecule has 0 radical (unpaired) electrons. The molecule has 0 fully saturated rings. The van der Waals surface area contributed by atoms with Crippen molar-refractivity contribution in [1.29, 1.82) is 0 Å². The van der Waals surface area contributed by atoms with Gasteiger partial charge in [-0.15, -0.1) is 0 Å². The minimum absolute atomic E-state index is 0.0335. The van der Waals surface area contributed by atoms with Gasteiger partial charge in [0.2, 0.25) is 5.91 Å². The van der Waals surface area contributed by atoms with E-state index in [0.717, 1.165) is 89.9 Å². The Balaban J connectivity index is 4.60. The van der Waals surface area contributed by atoms with Crippen LogP contribution in [-0.2, 0) is 14.3 Å². The highest BCUT2D eigenvalue weighted by molar-refractivity contribution is 5.77. The van der Waals surface area contributed by atoms with Crippen molar-refractivity contribution in [3.8, 4) is 0 Å². The second kappa shape index (κ2) is 43.4. The predicted molar refractivity (Wildman–Crippen MR) is 241 cm³/mol. The molecule has 0 saturated carbocycles. The molecule has 6 heteroatoms. The first-order valence-corrected chi connectivity index (χ1v) is 23.2. The highest BCUT2D eigenvalue weighted by Crippen LogP contribution is 2.16. The van der Waals surface area contributed by atoms with E-state index in [1.807, 2.05) is 6.08 Å². The van der Waals surface area contributed by atoms with E-state index in [-0.39, 0.29) is 31.3 Å². The maximum atomic E-state index is 13.1. The van der Waals surface area contributed by atoms with E-state index < -0.39 is 18.2 Å². The summed E-state index contributed by atoms with van der Waals surface area (Å²) in [5, 5.41) is 23.6. The molecule has 56 heavy (non-hydrogen) atoms. The van der Waals surface area contributed by atoms with Crippen molar-refractivity contribution in [1.82, 2.24) is 5.32 Å². The molecular formula is C50H87NO5. The van der Waals surface area contributed by atoms with Crippen molar-refractivity contribution in [3.63, 3.8) is 0 Å². The largest absolute Gasteiger partial charge is 0.462 e. The second-order valence-electron chi connectivity index (χ2n) is 15.4. The average Bonchev–Trinajstić information content (AvgIpc) is 3.19. The van der Waals surface area contributed by atoms with Gasteiger partial charge in [0.15, 0.2) is 0 Å². The third-order valence-corrected chi connectivity index (χ3v) is 10.0. The topological polar surface area (TPSA) is 95.9 Å². The number of allylic oxidation sites excluding steroid dienone is 12. The van der Waals surface area contributed by atoms with Crippen LogP contribution in [0.3, 0.4) is 0 Å². The molecule has 1 amide bonds. The molecule has 0 aliphatic carbocycles. The zero-order chi connectivity index (χ0) is 41.0. The van der Waals surface area contributed by atoms with Gasteiger partial charge in [0.25, 0.3) is 0 Å². The molecule has 3 atom stereocenters. The Labute approximate surface area is 345 Å². The maximum absolute atomic E-state index is 13.1. The molecule has 0 aromatic carbocycles. The van der Waals surface area contributed by atoms with Crippen LogP contribution >= 0.6 is 0 Å². The summed E-state index contributed by atoms with van der Waals surface area (Å²) in [6.07, 6.45) is 54.1. The summed E-state index contributed by atoms with van der Waals surface area (Å²) < 4.78 is 5.83. The second-order valence-corrected chi connectivity index (χ2v) is 15.4. The highest BCUT2D eigenvalue weighted by atomic mass is 16.5. The maximum Gasteiger partial charge on any atom is 0.306 e. The summed E-state index contributed by atoms with van der Waals surface area (Å²) >= 11 is 0. The van der Waals surface area contributed by atoms with Gasteiger partial charge in [-0.2, -0.15) is 0 Å². The van der Waals surface area contributed by atoms with E-state index in [1.54, 1.807) is 0 Å². The van der Waals surface area contributed by atoms with Crippen LogP contribution in [-0.4, -0.2) is 46.9 Å². The Bertz CT molecular complexity index is 1060. The van der Waals surface area contributed by atoms with Crippen LogP contribution in [0.2, 0.25) is 0 Å². The van der Waals surface area contributed by atoms with E-state index >= 15 is 0 Å². The number of hydrogen-bond donors (Lipinski definition) is 3. The van der Waals surface area contributed by atoms with Gasteiger partial charge in [0.05, 0.1) is 25.2 Å². The molecule has 3 N–H and O–H groups in total. The Morgan fingerprint density at radius 1 is 0.536 bits per heavy atom. The van der Waals surface area contributed by atoms with Crippen molar-refractivity contribution < 1.29 is 24.5 Å². The van der Waals surface area contributed by atoms with E-state index in [4.69, 9.17) is 4.74 Å². The fourth-order valence-corrected chi connectivity index (χ4v) is 6.54. The SMILES string of the molecule is CC/C=C/C/C=C/C/C=C/C/C=C/C/C=C/CCC(=O)OC(CCCCC/C=C\CCC)CC(=O)NC(CO)C(O)CCCCCCCCCCCCCCC. The molecule has 322 valence electrons. The summed E-state index contributed by atoms with van der Waals surface area (Å²) in [6.45, 7) is 6.26. The summed E-state index contributed by atoms with van der Waals surface area (Å²) in [7, 11) is 0. The van der Waals surface area contributed by atoms with Gasteiger partial charge in [-0.3, -0.25) is 9.59 Å². The van der Waals surface area contributed by atoms with Crippen molar-refractivity contribution in [2.45, 2.75) is 225 Å². The van der Waals surface area contributed by atoms with Crippen LogP contribution < -0.4 is 5.32 Å². The Morgan fingerprint density at radius 3 is 1.54 bits per heavy atom. The molecule has 0 aromatic heterocycles. The molecule has 0 spiro atoms. The molecule has 0 aliphatic heterocycles. The summed E-state index contributed by atoms with van der Waals surface area (Å²) in [4.78, 5) is 25.9. The number of hydrogen-bond acceptors (Lipinski definition) is 5. The van der Waals surface area contributed by atoms with Gasteiger partial charge >= 0.3 is 5.97 Å². The normalized spacial score (nSPS) is 14.0. The van der Waals surface area contributed by atoms with Crippen molar-refractivity contribution in [2.24, 2.45) is 0 Å². The lowest BCUT2D eigenvalue weighted by atomic mass is 10.0. The predicted octanol–water partition coefficient (Wildman–Crippen LogP) is 13.4. The number of carbonyl (C=O) groups excluding carboxylic acids is 2. The lowest BCUT2D eigenvalue weighted by molar-refractivity contribution is -0.150. The molecular weight excluding hydrogens is 695 g/mol. The molecule has 0 rings (SSSR count). The summed E-state index contributed by atoms with van der Waals surface area (Å²) in [6, 6.07) is -0.721. The molecule has 3 unspecified atom stereocenters. The molecule has 0 aliphatic rings. The van der Waals surface area contributed by atoms with Crippen LogP contribution in [0, 0.1) is 0 Å². The number of aliphatic hydroxyl groups is 2. The van der Waals surface area contributed by atoms with Crippen LogP contribution in [0.5, 0.6) is 0 Å². The summed E-state index contributed by atoms with van der Waals surface area (Å²) in [5.41, 5.74) is 0. The first-order chi connectivity index (χ1) is 27.5. The zero-order valence-electron chi connectivity index (χ0n) is 36.5. The number of ether oxygens (including phenoxy) is 1. The molecule has 0 saturated heterocycles. The third-order valence-electron chi connectivity index (χ3n) is 10.0. The van der Waals surface area contributed by atoms with Gasteiger partial charge in [0, 0.05) is 6.42 Å². The minimum Gasteiger partial charge on any atom is -0.462 e. The number of rotatable bonds is 40. The van der Waals surface area contributed by atoms with Crippen molar-refractivity contribution in [3.05, 3.63) is 72.9 Å². The molecule has 6 nitrogen and oxygen atoms in total. The lowest BCUT2D eigenvalue weighted by Crippen LogP contribution is -2.46. The van der Waals surface area contributed by atoms with E-state index in [0.29, 0.717) is 19.3 Å².